The number of nitrogens with two attached hydrogens (primary N) is 1. The smallest absolute Gasteiger partial charge is 0.220 e. The van der Waals surface area contributed by atoms with Crippen LogP contribution in [0.5, 0.6) is 5.75 Å². The van der Waals surface area contributed by atoms with E-state index in [0.717, 1.165) is 25.0 Å². The van der Waals surface area contributed by atoms with Crippen molar-refractivity contribution in [3.63, 3.8) is 0 Å². The fourth-order valence-corrected chi connectivity index (χ4v) is 2.64. The van der Waals surface area contributed by atoms with E-state index in [2.05, 4.69) is 5.32 Å². The highest BCUT2D eigenvalue weighted by molar-refractivity contribution is 5.76. The van der Waals surface area contributed by atoms with Gasteiger partial charge in [0, 0.05) is 19.6 Å². The second kappa shape index (κ2) is 7.31. The number of anilines is 1. The lowest BCUT2D eigenvalue weighted by molar-refractivity contribution is -0.124. The second-order valence-electron chi connectivity index (χ2n) is 5.47. The third-order valence-corrected chi connectivity index (χ3v) is 3.85. The highest BCUT2D eigenvalue weighted by atomic mass is 16.5. The van der Waals surface area contributed by atoms with Gasteiger partial charge in [-0.15, -0.1) is 0 Å². The zero-order chi connectivity index (χ0) is 15.2. The number of nitrogens with one attached hydrogen (secondary N) is 1. The summed E-state index contributed by atoms with van der Waals surface area (Å²) in [7, 11) is 1.58. The number of benzene rings is 1. The van der Waals surface area contributed by atoms with Crippen molar-refractivity contribution in [3.05, 3.63) is 23.8 Å². The van der Waals surface area contributed by atoms with Crippen molar-refractivity contribution < 1.29 is 14.3 Å². The van der Waals surface area contributed by atoms with E-state index in [1.807, 2.05) is 25.1 Å². The molecule has 116 valence electrons. The topological polar surface area (TPSA) is 73.6 Å². The van der Waals surface area contributed by atoms with Crippen LogP contribution in [0.1, 0.15) is 31.7 Å². The van der Waals surface area contributed by atoms with Gasteiger partial charge in [-0.05, 0) is 43.4 Å². The summed E-state index contributed by atoms with van der Waals surface area (Å²) in [6, 6.07) is 5.55. The molecule has 21 heavy (non-hydrogen) atoms. The molecular weight excluding hydrogens is 268 g/mol. The molecule has 0 spiro atoms. The molecule has 1 amide bonds. The predicted molar refractivity (Wildman–Crippen MR) is 82.0 cm³/mol. The number of nitrogen functional groups attached to an aromatic ring is 1. The van der Waals surface area contributed by atoms with Gasteiger partial charge in [0.2, 0.25) is 5.91 Å². The Bertz CT molecular complexity index is 484. The summed E-state index contributed by atoms with van der Waals surface area (Å²) in [6.07, 6.45) is 2.93. The lowest BCUT2D eigenvalue weighted by Crippen LogP contribution is -2.35. The molecule has 0 aromatic heterocycles. The van der Waals surface area contributed by atoms with E-state index in [9.17, 15) is 4.79 Å². The molecule has 0 radical (unpaired) electrons. The lowest BCUT2D eigenvalue weighted by Gasteiger charge is -2.34. The lowest BCUT2D eigenvalue weighted by atomic mass is 9.80. The number of carbonyl (C=O) groups excluding carboxylic acids is 1. The van der Waals surface area contributed by atoms with Gasteiger partial charge < -0.3 is 20.5 Å². The molecule has 1 aliphatic carbocycles. The first-order chi connectivity index (χ1) is 10.1. The van der Waals surface area contributed by atoms with Crippen LogP contribution in [0.3, 0.4) is 0 Å². The number of methoxy groups -OCH3 is 1. The molecule has 5 nitrogen and oxygen atoms in total. The van der Waals surface area contributed by atoms with Crippen molar-refractivity contribution in [2.45, 2.75) is 38.8 Å². The Morgan fingerprint density at radius 3 is 2.81 bits per heavy atom. The van der Waals surface area contributed by atoms with Gasteiger partial charge in [-0.25, -0.2) is 0 Å². The highest BCUT2D eigenvalue weighted by Crippen LogP contribution is 2.32. The van der Waals surface area contributed by atoms with E-state index in [4.69, 9.17) is 15.2 Å². The molecule has 2 rings (SSSR count). The zero-order valence-corrected chi connectivity index (χ0v) is 12.7. The molecule has 1 fully saturated rings. The molecule has 3 N–H and O–H groups in total. The summed E-state index contributed by atoms with van der Waals surface area (Å²) in [5.74, 6) is 1.20. The fraction of sp³-hybridized carbons (Fsp3) is 0.562. The van der Waals surface area contributed by atoms with Gasteiger partial charge in [0.25, 0.3) is 0 Å². The third kappa shape index (κ3) is 4.36. The minimum Gasteiger partial charge on any atom is -0.495 e. The van der Waals surface area contributed by atoms with Crippen molar-refractivity contribution >= 4 is 11.6 Å². The van der Waals surface area contributed by atoms with E-state index < -0.39 is 0 Å². The van der Waals surface area contributed by atoms with E-state index in [1.165, 1.54) is 0 Å². The molecule has 0 bridgehead atoms. The Morgan fingerprint density at radius 2 is 2.19 bits per heavy atom. The SMILES string of the molecule is CCOC1CC(CC(=O)NCc2ccc(OC)c(N)c2)C1. The minimum absolute atomic E-state index is 0.0873. The maximum absolute atomic E-state index is 11.9. The molecule has 1 aliphatic rings. The molecule has 0 unspecified atom stereocenters. The molecule has 1 aromatic carbocycles. The maximum Gasteiger partial charge on any atom is 0.220 e. The molecule has 0 saturated heterocycles. The Hall–Kier alpha value is -1.75. The van der Waals surface area contributed by atoms with Gasteiger partial charge >= 0.3 is 0 Å². The van der Waals surface area contributed by atoms with Crippen LogP contribution in [0, 0.1) is 5.92 Å². The molecule has 1 aromatic rings. The predicted octanol–water partition coefficient (Wildman–Crippen LogP) is 2.10. The normalized spacial score (nSPS) is 20.7. The van der Waals surface area contributed by atoms with Gasteiger partial charge in [0.1, 0.15) is 5.75 Å². The molecule has 5 heteroatoms. The first-order valence-electron chi connectivity index (χ1n) is 7.43. The van der Waals surface area contributed by atoms with Gasteiger partial charge in [-0.1, -0.05) is 6.07 Å². The van der Waals surface area contributed by atoms with Gasteiger partial charge in [0.05, 0.1) is 18.9 Å². The first-order valence-corrected chi connectivity index (χ1v) is 7.43. The monoisotopic (exact) mass is 292 g/mol. The van der Waals surface area contributed by atoms with E-state index in [1.54, 1.807) is 7.11 Å². The quantitative estimate of drug-likeness (QED) is 0.755. The fourth-order valence-electron chi connectivity index (χ4n) is 2.64. The van der Waals surface area contributed by atoms with E-state index in [0.29, 0.717) is 36.4 Å². The van der Waals surface area contributed by atoms with E-state index in [-0.39, 0.29) is 5.91 Å². The van der Waals surface area contributed by atoms with Crippen LogP contribution in [0.15, 0.2) is 18.2 Å². The maximum atomic E-state index is 11.9. The van der Waals surface area contributed by atoms with Gasteiger partial charge in [-0.3, -0.25) is 4.79 Å². The molecule has 0 atom stereocenters. The standard InChI is InChI=1S/C16H24N2O3/c1-3-21-13-6-12(7-13)9-16(19)18-10-11-4-5-15(20-2)14(17)8-11/h4-5,8,12-13H,3,6-7,9-10,17H2,1-2H3,(H,18,19). The Kier molecular flexibility index (Phi) is 5.44. The van der Waals surface area contributed by atoms with Crippen LogP contribution < -0.4 is 15.8 Å². The zero-order valence-electron chi connectivity index (χ0n) is 12.7. The number of hydrogen-bond donors (Lipinski definition) is 2. The summed E-state index contributed by atoms with van der Waals surface area (Å²) < 4.78 is 10.6. The van der Waals surface area contributed by atoms with Crippen LogP contribution in [0.4, 0.5) is 5.69 Å². The summed E-state index contributed by atoms with van der Waals surface area (Å²) in [4.78, 5) is 11.9. The van der Waals surface area contributed by atoms with Crippen LogP contribution in [0.2, 0.25) is 0 Å². The number of carbonyl (C=O) groups is 1. The Labute approximate surface area is 125 Å². The number of hydrogen-bond acceptors (Lipinski definition) is 4. The van der Waals surface area contributed by atoms with Crippen molar-refractivity contribution in [1.29, 1.82) is 0 Å². The summed E-state index contributed by atoms with van der Waals surface area (Å²) in [5.41, 5.74) is 7.40. The molecule has 0 aliphatic heterocycles. The van der Waals surface area contributed by atoms with Crippen LogP contribution in [-0.2, 0) is 16.1 Å². The molecular formula is C16H24N2O3. The van der Waals surface area contributed by atoms with Crippen molar-refractivity contribution in [3.8, 4) is 5.75 Å². The number of amides is 1. The van der Waals surface area contributed by atoms with Gasteiger partial charge in [-0.2, -0.15) is 0 Å². The van der Waals surface area contributed by atoms with Crippen LogP contribution in [-0.4, -0.2) is 25.7 Å². The molecule has 1 saturated carbocycles. The van der Waals surface area contributed by atoms with Crippen molar-refractivity contribution in [2.75, 3.05) is 19.5 Å². The Balaban J connectivity index is 1.71. The average Bonchev–Trinajstić information content (AvgIpc) is 2.43. The van der Waals surface area contributed by atoms with Crippen molar-refractivity contribution in [2.24, 2.45) is 5.92 Å². The highest BCUT2D eigenvalue weighted by Gasteiger charge is 2.30. The summed E-state index contributed by atoms with van der Waals surface area (Å²) >= 11 is 0. The number of ether oxygens (including phenoxy) is 2. The summed E-state index contributed by atoms with van der Waals surface area (Å²) in [6.45, 7) is 3.25. The number of rotatable bonds is 7. The molecule has 0 heterocycles. The third-order valence-electron chi connectivity index (χ3n) is 3.85. The van der Waals surface area contributed by atoms with Crippen molar-refractivity contribution in [1.82, 2.24) is 5.32 Å². The Morgan fingerprint density at radius 1 is 1.43 bits per heavy atom. The minimum atomic E-state index is 0.0873. The summed E-state index contributed by atoms with van der Waals surface area (Å²) in [5, 5.41) is 2.93. The average molecular weight is 292 g/mol. The van der Waals surface area contributed by atoms with Crippen LogP contribution in [0.25, 0.3) is 0 Å². The van der Waals surface area contributed by atoms with Gasteiger partial charge in [0.15, 0.2) is 0 Å². The second-order valence-corrected chi connectivity index (χ2v) is 5.47. The van der Waals surface area contributed by atoms with E-state index >= 15 is 0 Å². The van der Waals surface area contributed by atoms with Crippen LogP contribution >= 0.6 is 0 Å². The largest absolute Gasteiger partial charge is 0.495 e. The first kappa shape index (κ1) is 15.6.